The summed E-state index contributed by atoms with van der Waals surface area (Å²) in [5.41, 5.74) is 6.30. The number of nitrogens with two attached hydrogens (primary N) is 1. The molecule has 0 aliphatic rings. The van der Waals surface area contributed by atoms with E-state index in [-0.39, 0.29) is 10.8 Å². The highest BCUT2D eigenvalue weighted by Crippen LogP contribution is 2.22. The van der Waals surface area contributed by atoms with Crippen LogP contribution in [0, 0.1) is 12.7 Å². The number of hydrogen-bond donors (Lipinski definition) is 2. The molecule has 102 valence electrons. The van der Waals surface area contributed by atoms with Gasteiger partial charge < -0.3 is 10.3 Å². The summed E-state index contributed by atoms with van der Waals surface area (Å²) in [6.07, 6.45) is 1.31. The molecule has 3 N–H and O–H groups in total. The quantitative estimate of drug-likeness (QED) is 0.887. The molecule has 0 aliphatic carbocycles. The number of hydrogen-bond acceptors (Lipinski definition) is 4. The van der Waals surface area contributed by atoms with Crippen molar-refractivity contribution in [1.82, 2.24) is 9.55 Å². The molecular formula is C11H13FN4O2S. The average Bonchev–Trinajstić information content (AvgIpc) is 2.63. The SMILES string of the molecule is Cc1cc(F)ccc1NS(=O)(=O)c1c(N)ncn1C. The first-order chi connectivity index (χ1) is 8.81. The van der Waals surface area contributed by atoms with Crippen molar-refractivity contribution in [3.8, 4) is 0 Å². The highest BCUT2D eigenvalue weighted by molar-refractivity contribution is 7.92. The Labute approximate surface area is 110 Å². The number of nitrogen functional groups attached to an aromatic ring is 1. The van der Waals surface area contributed by atoms with Gasteiger partial charge in [-0.2, -0.15) is 8.42 Å². The van der Waals surface area contributed by atoms with Gasteiger partial charge in [0.2, 0.25) is 0 Å². The molecular weight excluding hydrogens is 271 g/mol. The van der Waals surface area contributed by atoms with E-state index in [9.17, 15) is 12.8 Å². The van der Waals surface area contributed by atoms with E-state index in [0.29, 0.717) is 11.3 Å². The zero-order valence-corrected chi connectivity index (χ0v) is 11.2. The second-order valence-electron chi connectivity index (χ2n) is 4.11. The van der Waals surface area contributed by atoms with Gasteiger partial charge in [0.1, 0.15) is 5.82 Å². The van der Waals surface area contributed by atoms with Crippen molar-refractivity contribution in [2.75, 3.05) is 10.5 Å². The topological polar surface area (TPSA) is 90.0 Å². The summed E-state index contributed by atoms with van der Waals surface area (Å²) in [6, 6.07) is 3.77. The first-order valence-electron chi connectivity index (χ1n) is 5.37. The fourth-order valence-electron chi connectivity index (χ4n) is 1.70. The third-order valence-corrected chi connectivity index (χ3v) is 4.09. The summed E-state index contributed by atoms with van der Waals surface area (Å²) >= 11 is 0. The number of anilines is 2. The number of benzene rings is 1. The van der Waals surface area contributed by atoms with Gasteiger partial charge >= 0.3 is 0 Å². The zero-order valence-electron chi connectivity index (χ0n) is 10.4. The molecule has 2 rings (SSSR count). The number of aryl methyl sites for hydroxylation is 2. The molecule has 1 aromatic heterocycles. The molecule has 0 amide bonds. The summed E-state index contributed by atoms with van der Waals surface area (Å²) in [6.45, 7) is 1.60. The van der Waals surface area contributed by atoms with Crippen molar-refractivity contribution < 1.29 is 12.8 Å². The van der Waals surface area contributed by atoms with Crippen LogP contribution >= 0.6 is 0 Å². The monoisotopic (exact) mass is 284 g/mol. The van der Waals surface area contributed by atoms with Crippen LogP contribution < -0.4 is 10.5 Å². The van der Waals surface area contributed by atoms with Gasteiger partial charge in [-0.05, 0) is 30.7 Å². The van der Waals surface area contributed by atoms with E-state index in [4.69, 9.17) is 5.73 Å². The third-order valence-electron chi connectivity index (χ3n) is 2.60. The first-order valence-corrected chi connectivity index (χ1v) is 6.85. The van der Waals surface area contributed by atoms with Gasteiger partial charge in [0, 0.05) is 7.05 Å². The van der Waals surface area contributed by atoms with E-state index in [2.05, 4.69) is 9.71 Å². The van der Waals surface area contributed by atoms with Gasteiger partial charge in [-0.1, -0.05) is 0 Å². The maximum atomic E-state index is 13.0. The van der Waals surface area contributed by atoms with Crippen LogP contribution in [0.5, 0.6) is 0 Å². The lowest BCUT2D eigenvalue weighted by Crippen LogP contribution is -2.18. The smallest absolute Gasteiger partial charge is 0.281 e. The van der Waals surface area contributed by atoms with E-state index < -0.39 is 15.8 Å². The Hall–Kier alpha value is -2.09. The highest BCUT2D eigenvalue weighted by atomic mass is 32.2. The zero-order chi connectivity index (χ0) is 14.2. The number of aromatic nitrogens is 2. The Kier molecular flexibility index (Phi) is 3.19. The summed E-state index contributed by atoms with van der Waals surface area (Å²) in [5, 5.41) is -0.128. The highest BCUT2D eigenvalue weighted by Gasteiger charge is 2.23. The number of sulfonamides is 1. The predicted octanol–water partition coefficient (Wildman–Crippen LogP) is 1.25. The molecule has 0 atom stereocenters. The third kappa shape index (κ3) is 2.53. The van der Waals surface area contributed by atoms with Crippen LogP contribution in [0.3, 0.4) is 0 Å². The van der Waals surface area contributed by atoms with E-state index in [1.807, 2.05) is 0 Å². The first kappa shape index (κ1) is 13.3. The number of nitrogens with zero attached hydrogens (tertiary/aromatic N) is 2. The lowest BCUT2D eigenvalue weighted by atomic mass is 10.2. The fraction of sp³-hybridized carbons (Fsp3) is 0.182. The molecule has 6 nitrogen and oxygen atoms in total. The van der Waals surface area contributed by atoms with Gasteiger partial charge in [0.05, 0.1) is 12.0 Å². The van der Waals surface area contributed by atoms with Crippen molar-refractivity contribution in [2.45, 2.75) is 11.9 Å². The summed E-state index contributed by atoms with van der Waals surface area (Å²) in [5.74, 6) is -0.518. The van der Waals surface area contributed by atoms with Gasteiger partial charge in [-0.15, -0.1) is 0 Å². The molecule has 8 heteroatoms. The van der Waals surface area contributed by atoms with Crippen molar-refractivity contribution in [2.24, 2.45) is 7.05 Å². The Morgan fingerprint density at radius 2 is 2.11 bits per heavy atom. The van der Waals surface area contributed by atoms with Crippen LogP contribution in [-0.4, -0.2) is 18.0 Å². The number of imidazole rings is 1. The molecule has 0 saturated carbocycles. The number of halogens is 1. The number of rotatable bonds is 3. The second-order valence-corrected chi connectivity index (χ2v) is 5.71. The molecule has 0 saturated heterocycles. The standard InChI is InChI=1S/C11H13FN4O2S/c1-7-5-8(12)3-4-9(7)15-19(17,18)11-10(13)14-6-16(11)2/h3-6,15H,13H2,1-2H3. The largest absolute Gasteiger partial charge is 0.381 e. The second kappa shape index (κ2) is 4.54. The normalized spacial score (nSPS) is 11.5. The van der Waals surface area contributed by atoms with Crippen LogP contribution in [0.25, 0.3) is 0 Å². The Morgan fingerprint density at radius 1 is 1.42 bits per heavy atom. The molecule has 1 aromatic carbocycles. The molecule has 0 aliphatic heterocycles. The lowest BCUT2D eigenvalue weighted by molar-refractivity contribution is 0.591. The molecule has 0 fully saturated rings. The summed E-state index contributed by atoms with van der Waals surface area (Å²) in [7, 11) is -2.34. The van der Waals surface area contributed by atoms with E-state index in [1.54, 1.807) is 6.92 Å². The van der Waals surface area contributed by atoms with Crippen LogP contribution in [0.2, 0.25) is 0 Å². The average molecular weight is 284 g/mol. The van der Waals surface area contributed by atoms with Gasteiger partial charge in [0.25, 0.3) is 10.0 Å². The van der Waals surface area contributed by atoms with Crippen LogP contribution in [0.1, 0.15) is 5.56 Å². The molecule has 0 unspecified atom stereocenters. The minimum atomic E-state index is -3.86. The van der Waals surface area contributed by atoms with Crippen molar-refractivity contribution in [3.05, 3.63) is 35.9 Å². The number of nitrogens with one attached hydrogen (secondary N) is 1. The molecule has 1 heterocycles. The van der Waals surface area contributed by atoms with E-state index in [0.717, 1.165) is 0 Å². The van der Waals surface area contributed by atoms with Crippen LogP contribution in [0.4, 0.5) is 15.9 Å². The predicted molar refractivity (Wildman–Crippen MR) is 69.6 cm³/mol. The fourth-order valence-corrected chi connectivity index (χ4v) is 3.07. The van der Waals surface area contributed by atoms with Gasteiger partial charge in [-0.25, -0.2) is 9.37 Å². The molecule has 0 spiro atoms. The minimum Gasteiger partial charge on any atom is -0.381 e. The molecule has 2 aromatic rings. The van der Waals surface area contributed by atoms with Crippen LogP contribution in [-0.2, 0) is 17.1 Å². The Bertz CT molecular complexity index is 705. The Balaban J connectivity index is 2.42. The summed E-state index contributed by atoms with van der Waals surface area (Å²) < 4.78 is 41.0. The van der Waals surface area contributed by atoms with Crippen molar-refractivity contribution >= 4 is 21.5 Å². The molecule has 19 heavy (non-hydrogen) atoms. The van der Waals surface area contributed by atoms with Gasteiger partial charge in [0.15, 0.2) is 10.8 Å². The molecule has 0 bridgehead atoms. The van der Waals surface area contributed by atoms with Crippen molar-refractivity contribution in [3.63, 3.8) is 0 Å². The minimum absolute atomic E-state index is 0.0882. The van der Waals surface area contributed by atoms with E-state index in [1.165, 1.54) is 36.1 Å². The van der Waals surface area contributed by atoms with E-state index >= 15 is 0 Å². The lowest BCUT2D eigenvalue weighted by Gasteiger charge is -2.11. The van der Waals surface area contributed by atoms with Crippen molar-refractivity contribution in [1.29, 1.82) is 0 Å². The van der Waals surface area contributed by atoms with Crippen LogP contribution in [0.15, 0.2) is 29.6 Å². The Morgan fingerprint density at radius 3 is 2.63 bits per heavy atom. The molecule has 0 radical (unpaired) electrons. The maximum Gasteiger partial charge on any atom is 0.281 e. The maximum absolute atomic E-state index is 13.0. The summed E-state index contributed by atoms with van der Waals surface area (Å²) in [4.78, 5) is 3.72. The van der Waals surface area contributed by atoms with Gasteiger partial charge in [-0.3, -0.25) is 4.72 Å².